The highest BCUT2D eigenvalue weighted by atomic mass is 35.5. The average molecular weight is 423 g/mol. The zero-order chi connectivity index (χ0) is 18.3. The first-order valence-electron chi connectivity index (χ1n) is 8.16. The molecule has 0 saturated heterocycles. The number of thiophene rings is 2. The molecule has 0 bridgehead atoms. The summed E-state index contributed by atoms with van der Waals surface area (Å²) in [4.78, 5) is 32.8. The maximum absolute atomic E-state index is 13.0. The first kappa shape index (κ1) is 18.0. The molecule has 3 aromatic heterocycles. The zero-order valence-electron chi connectivity index (χ0n) is 13.8. The maximum Gasteiger partial charge on any atom is 0.263 e. The molecule has 8 heteroatoms. The van der Waals surface area contributed by atoms with E-state index in [-0.39, 0.29) is 17.1 Å². The molecule has 0 unspecified atom stereocenters. The second kappa shape index (κ2) is 7.31. The number of hydrogen-bond acceptors (Lipinski definition) is 6. The van der Waals surface area contributed by atoms with E-state index in [1.807, 2.05) is 0 Å². The van der Waals surface area contributed by atoms with Crippen LogP contribution in [-0.2, 0) is 19.4 Å². The number of carbonyl (C=O) groups excluding carboxylic acids is 1. The molecule has 0 N–H and O–H groups in total. The summed E-state index contributed by atoms with van der Waals surface area (Å²) in [6.07, 6.45) is 4.76. The zero-order valence-corrected chi connectivity index (χ0v) is 17.0. The predicted octanol–water partition coefficient (Wildman–Crippen LogP) is 4.82. The lowest BCUT2D eigenvalue weighted by Gasteiger charge is -2.10. The second-order valence-corrected chi connectivity index (χ2v) is 9.69. The summed E-state index contributed by atoms with van der Waals surface area (Å²) in [6.45, 7) is 4.13. The molecular formula is C18H15ClN2O2S3. The van der Waals surface area contributed by atoms with E-state index in [1.165, 1.54) is 33.5 Å². The van der Waals surface area contributed by atoms with E-state index in [4.69, 9.17) is 16.6 Å². The fourth-order valence-electron chi connectivity index (χ4n) is 3.12. The van der Waals surface area contributed by atoms with Gasteiger partial charge in [-0.05, 0) is 37.0 Å². The van der Waals surface area contributed by atoms with Gasteiger partial charge in [-0.15, -0.1) is 29.3 Å². The first-order valence-corrected chi connectivity index (χ1v) is 11.2. The minimum absolute atomic E-state index is 0.0138. The van der Waals surface area contributed by atoms with E-state index >= 15 is 0 Å². The highest BCUT2D eigenvalue weighted by Gasteiger charge is 2.23. The number of ketones is 1. The van der Waals surface area contributed by atoms with Crippen molar-refractivity contribution in [1.82, 2.24) is 9.55 Å². The van der Waals surface area contributed by atoms with Gasteiger partial charge in [0.2, 0.25) is 0 Å². The van der Waals surface area contributed by atoms with Gasteiger partial charge in [0.15, 0.2) is 10.9 Å². The van der Waals surface area contributed by atoms with Crippen molar-refractivity contribution in [1.29, 1.82) is 0 Å². The van der Waals surface area contributed by atoms with Crippen LogP contribution in [0, 0.1) is 0 Å². The van der Waals surface area contributed by atoms with Gasteiger partial charge in [0, 0.05) is 11.4 Å². The minimum Gasteiger partial charge on any atom is -0.292 e. The lowest BCUT2D eigenvalue weighted by atomic mass is 10.2. The summed E-state index contributed by atoms with van der Waals surface area (Å²) in [5.41, 5.74) is 1.14. The molecule has 3 heterocycles. The standard InChI is InChI=1S/C18H15ClN2O2S3/c1-2-8-21-17(23)15-10-4-3-5-12(10)26-16(15)20-18(21)24-9-11(22)13-6-7-14(19)25-13/h2,6-7H,1,3-5,8-9H2. The topological polar surface area (TPSA) is 52.0 Å². The van der Waals surface area contributed by atoms with Gasteiger partial charge in [0.25, 0.3) is 5.56 Å². The smallest absolute Gasteiger partial charge is 0.263 e. The first-order chi connectivity index (χ1) is 12.6. The number of aromatic nitrogens is 2. The fourth-order valence-corrected chi connectivity index (χ4v) is 6.39. The van der Waals surface area contributed by atoms with Crippen LogP contribution in [0.15, 0.2) is 34.7 Å². The Morgan fingerprint density at radius 3 is 2.96 bits per heavy atom. The number of aryl methyl sites for hydroxylation is 2. The van der Waals surface area contributed by atoms with E-state index in [9.17, 15) is 9.59 Å². The third kappa shape index (κ3) is 3.17. The fraction of sp³-hybridized carbons (Fsp3) is 0.278. The van der Waals surface area contributed by atoms with E-state index in [0.717, 1.165) is 29.5 Å². The number of carbonyl (C=O) groups is 1. The Balaban J connectivity index is 1.69. The second-order valence-electron chi connectivity index (χ2n) is 5.95. The van der Waals surface area contributed by atoms with Gasteiger partial charge in [-0.2, -0.15) is 0 Å². The van der Waals surface area contributed by atoms with E-state index < -0.39 is 0 Å². The maximum atomic E-state index is 13.0. The Kier molecular flexibility index (Phi) is 5.05. The quantitative estimate of drug-likeness (QED) is 0.247. The Labute approximate surface area is 167 Å². The highest BCUT2D eigenvalue weighted by molar-refractivity contribution is 7.99. The molecule has 0 saturated carbocycles. The van der Waals surface area contributed by atoms with Crippen molar-refractivity contribution in [3.05, 3.63) is 54.8 Å². The lowest BCUT2D eigenvalue weighted by molar-refractivity contribution is 0.102. The van der Waals surface area contributed by atoms with Crippen molar-refractivity contribution in [3.63, 3.8) is 0 Å². The van der Waals surface area contributed by atoms with Gasteiger partial charge in [-0.3, -0.25) is 14.2 Å². The molecule has 0 spiro atoms. The Hall–Kier alpha value is -1.41. The lowest BCUT2D eigenvalue weighted by Crippen LogP contribution is -2.23. The van der Waals surface area contributed by atoms with Crippen LogP contribution in [0.1, 0.15) is 26.5 Å². The molecule has 4 nitrogen and oxygen atoms in total. The molecule has 0 aromatic carbocycles. The van der Waals surface area contributed by atoms with Gasteiger partial charge < -0.3 is 0 Å². The van der Waals surface area contributed by atoms with Gasteiger partial charge in [0.1, 0.15) is 4.83 Å². The van der Waals surface area contributed by atoms with Crippen LogP contribution in [0.3, 0.4) is 0 Å². The van der Waals surface area contributed by atoms with Crippen LogP contribution >= 0.6 is 46.0 Å². The monoisotopic (exact) mass is 422 g/mol. The van der Waals surface area contributed by atoms with Crippen molar-refractivity contribution in [2.75, 3.05) is 5.75 Å². The van der Waals surface area contributed by atoms with E-state index in [0.29, 0.717) is 20.9 Å². The number of nitrogens with zero attached hydrogens (tertiary/aromatic N) is 2. The molecule has 0 amide bonds. The number of allylic oxidation sites excluding steroid dienone is 1. The van der Waals surface area contributed by atoms with Crippen LogP contribution in [0.4, 0.5) is 0 Å². The summed E-state index contributed by atoms with van der Waals surface area (Å²) < 4.78 is 2.22. The summed E-state index contributed by atoms with van der Waals surface area (Å²) in [7, 11) is 0. The van der Waals surface area contributed by atoms with Crippen molar-refractivity contribution >= 4 is 62.0 Å². The van der Waals surface area contributed by atoms with Crippen LogP contribution < -0.4 is 5.56 Å². The Morgan fingerprint density at radius 1 is 1.38 bits per heavy atom. The number of Topliss-reactive ketones (excluding diaryl/α,β-unsaturated/α-hetero) is 1. The third-order valence-corrected chi connectivity index (χ3v) is 7.72. The summed E-state index contributed by atoms with van der Waals surface area (Å²) in [5, 5.41) is 1.32. The normalized spacial score (nSPS) is 13.3. The molecule has 1 aliphatic rings. The molecule has 134 valence electrons. The molecule has 0 radical (unpaired) electrons. The average Bonchev–Trinajstić information content (AvgIpc) is 3.31. The molecule has 4 rings (SSSR count). The van der Waals surface area contributed by atoms with Crippen molar-refractivity contribution in [2.45, 2.75) is 31.0 Å². The number of fused-ring (bicyclic) bond motifs is 3. The molecule has 26 heavy (non-hydrogen) atoms. The van der Waals surface area contributed by atoms with Crippen molar-refractivity contribution < 1.29 is 4.79 Å². The van der Waals surface area contributed by atoms with Crippen molar-refractivity contribution in [3.8, 4) is 0 Å². The van der Waals surface area contributed by atoms with Crippen LogP contribution in [0.5, 0.6) is 0 Å². The summed E-state index contributed by atoms with van der Waals surface area (Å²) >= 11 is 10.1. The van der Waals surface area contributed by atoms with Crippen LogP contribution in [-0.4, -0.2) is 21.1 Å². The Bertz CT molecular complexity index is 1080. The van der Waals surface area contributed by atoms with Gasteiger partial charge in [0.05, 0.1) is 20.4 Å². The van der Waals surface area contributed by atoms with Crippen LogP contribution in [0.25, 0.3) is 10.2 Å². The van der Waals surface area contributed by atoms with E-state index in [1.54, 1.807) is 34.1 Å². The molecule has 0 aliphatic heterocycles. The molecule has 0 fully saturated rings. The number of thioether (sulfide) groups is 1. The van der Waals surface area contributed by atoms with Gasteiger partial charge in [-0.1, -0.05) is 29.4 Å². The number of rotatable bonds is 6. The predicted molar refractivity (Wildman–Crippen MR) is 110 cm³/mol. The van der Waals surface area contributed by atoms with Crippen LogP contribution in [0.2, 0.25) is 4.34 Å². The van der Waals surface area contributed by atoms with Gasteiger partial charge in [-0.25, -0.2) is 4.98 Å². The molecular weight excluding hydrogens is 408 g/mol. The largest absolute Gasteiger partial charge is 0.292 e. The summed E-state index contributed by atoms with van der Waals surface area (Å²) in [5.74, 6) is 0.205. The number of hydrogen-bond donors (Lipinski definition) is 0. The number of halogens is 1. The SMILES string of the molecule is C=CCn1c(SCC(=O)c2ccc(Cl)s2)nc2sc3c(c2c1=O)CCC3. The van der Waals surface area contributed by atoms with Crippen molar-refractivity contribution in [2.24, 2.45) is 0 Å². The third-order valence-electron chi connectivity index (χ3n) is 4.28. The Morgan fingerprint density at radius 2 is 2.23 bits per heavy atom. The minimum atomic E-state index is -0.0246. The molecule has 3 aromatic rings. The molecule has 1 aliphatic carbocycles. The highest BCUT2D eigenvalue weighted by Crippen LogP contribution is 2.35. The van der Waals surface area contributed by atoms with Gasteiger partial charge >= 0.3 is 0 Å². The van der Waals surface area contributed by atoms with E-state index in [2.05, 4.69) is 6.58 Å². The molecule has 0 atom stereocenters. The summed E-state index contributed by atoms with van der Waals surface area (Å²) in [6, 6.07) is 3.45.